The van der Waals surface area contributed by atoms with E-state index >= 15 is 0 Å². The average Bonchev–Trinajstić information content (AvgIpc) is 2.73. The topological polar surface area (TPSA) is 45.2 Å². The molecular formula is C21H18F3N3O. The summed E-state index contributed by atoms with van der Waals surface area (Å²) in [6.45, 7) is 2.81. The normalized spacial score (nSPS) is 10.6. The maximum atomic E-state index is 13.9. The predicted molar refractivity (Wildman–Crippen MR) is 101 cm³/mol. The molecule has 0 aliphatic rings. The van der Waals surface area contributed by atoms with Crippen LogP contribution in [0.5, 0.6) is 0 Å². The van der Waals surface area contributed by atoms with E-state index < -0.39 is 17.5 Å². The summed E-state index contributed by atoms with van der Waals surface area (Å²) in [5, 5.41) is 2.58. The van der Waals surface area contributed by atoms with Crippen molar-refractivity contribution in [3.05, 3.63) is 89.4 Å². The molecule has 1 amide bonds. The van der Waals surface area contributed by atoms with Gasteiger partial charge in [-0.25, -0.2) is 18.2 Å². The summed E-state index contributed by atoms with van der Waals surface area (Å²) in [7, 11) is 0. The Balaban J connectivity index is 1.80. The summed E-state index contributed by atoms with van der Waals surface area (Å²) in [4.78, 5) is 18.5. The molecule has 1 aromatic heterocycles. The Morgan fingerprint density at radius 3 is 2.50 bits per heavy atom. The van der Waals surface area contributed by atoms with E-state index in [0.717, 1.165) is 17.7 Å². The Hall–Kier alpha value is -3.35. The van der Waals surface area contributed by atoms with Crippen molar-refractivity contribution in [2.24, 2.45) is 0 Å². The number of aromatic nitrogens is 1. The summed E-state index contributed by atoms with van der Waals surface area (Å²) in [6, 6.07) is 14.4. The molecule has 0 spiro atoms. The van der Waals surface area contributed by atoms with Gasteiger partial charge in [-0.2, -0.15) is 0 Å². The smallest absolute Gasteiger partial charge is 0.254 e. The monoisotopic (exact) mass is 385 g/mol. The van der Waals surface area contributed by atoms with E-state index in [1.807, 2.05) is 37.3 Å². The lowest BCUT2D eigenvalue weighted by atomic mass is 10.1. The number of nitrogens with one attached hydrogen (secondary N) is 1. The number of hydrogen-bond acceptors (Lipinski definition) is 3. The fourth-order valence-electron chi connectivity index (χ4n) is 2.71. The highest BCUT2D eigenvalue weighted by Crippen LogP contribution is 2.23. The van der Waals surface area contributed by atoms with Gasteiger partial charge in [0.25, 0.3) is 5.91 Å². The van der Waals surface area contributed by atoms with Crippen LogP contribution in [0, 0.1) is 17.5 Å². The van der Waals surface area contributed by atoms with Crippen molar-refractivity contribution in [2.45, 2.75) is 13.5 Å². The molecule has 1 heterocycles. The van der Waals surface area contributed by atoms with Crippen LogP contribution in [0.4, 0.5) is 24.7 Å². The van der Waals surface area contributed by atoms with Gasteiger partial charge in [-0.3, -0.25) is 4.79 Å². The maximum Gasteiger partial charge on any atom is 0.254 e. The molecule has 3 aromatic rings. The fourth-order valence-corrected chi connectivity index (χ4v) is 2.71. The first-order chi connectivity index (χ1) is 13.5. The molecule has 0 radical (unpaired) electrons. The molecule has 3 rings (SSSR count). The van der Waals surface area contributed by atoms with E-state index in [9.17, 15) is 18.0 Å². The van der Waals surface area contributed by atoms with E-state index in [1.165, 1.54) is 12.3 Å². The highest BCUT2D eigenvalue weighted by molar-refractivity contribution is 5.95. The Morgan fingerprint density at radius 2 is 1.79 bits per heavy atom. The third-order valence-electron chi connectivity index (χ3n) is 4.19. The predicted octanol–water partition coefficient (Wildman–Crippen LogP) is 4.90. The third kappa shape index (κ3) is 4.31. The van der Waals surface area contributed by atoms with Crippen molar-refractivity contribution in [1.82, 2.24) is 9.88 Å². The number of rotatable bonds is 6. The molecule has 4 nitrogen and oxygen atoms in total. The van der Waals surface area contributed by atoms with Crippen molar-refractivity contribution < 1.29 is 18.0 Å². The molecule has 7 heteroatoms. The molecule has 0 saturated heterocycles. The standard InChI is InChI=1S/C21H18F3N3O/c1-2-27(13-14-6-4-3-5-7-14)21(28)15-10-11-25-18(12-15)26-17-9-8-16(22)19(23)20(17)24/h3-12H,2,13H2,1H3,(H,25,26). The number of benzene rings is 2. The lowest BCUT2D eigenvalue weighted by Gasteiger charge is -2.21. The van der Waals surface area contributed by atoms with Gasteiger partial charge in [0.05, 0.1) is 5.69 Å². The molecule has 0 unspecified atom stereocenters. The second-order valence-corrected chi connectivity index (χ2v) is 6.08. The van der Waals surface area contributed by atoms with E-state index in [-0.39, 0.29) is 17.4 Å². The zero-order valence-corrected chi connectivity index (χ0v) is 15.1. The molecule has 0 bridgehead atoms. The van der Waals surface area contributed by atoms with Crippen molar-refractivity contribution in [3.63, 3.8) is 0 Å². The third-order valence-corrected chi connectivity index (χ3v) is 4.19. The quantitative estimate of drug-likeness (QED) is 0.614. The van der Waals surface area contributed by atoms with Crippen LogP contribution in [0.1, 0.15) is 22.8 Å². The summed E-state index contributed by atoms with van der Waals surface area (Å²) in [5.74, 6) is -4.27. The van der Waals surface area contributed by atoms with Crippen molar-refractivity contribution >= 4 is 17.4 Å². The molecule has 28 heavy (non-hydrogen) atoms. The van der Waals surface area contributed by atoms with Crippen LogP contribution in [0.15, 0.2) is 60.8 Å². The van der Waals surface area contributed by atoms with Gasteiger partial charge in [0, 0.05) is 24.8 Å². The molecule has 0 aliphatic heterocycles. The summed E-state index contributed by atoms with van der Waals surface area (Å²) < 4.78 is 40.3. The van der Waals surface area contributed by atoms with Gasteiger partial charge in [-0.05, 0) is 36.8 Å². The van der Waals surface area contributed by atoms with Crippen LogP contribution in [-0.2, 0) is 6.54 Å². The second kappa shape index (κ2) is 8.56. The van der Waals surface area contributed by atoms with Gasteiger partial charge in [0.1, 0.15) is 5.82 Å². The van der Waals surface area contributed by atoms with Crippen LogP contribution in [-0.4, -0.2) is 22.3 Å². The van der Waals surface area contributed by atoms with Gasteiger partial charge < -0.3 is 10.2 Å². The van der Waals surface area contributed by atoms with Gasteiger partial charge in [-0.1, -0.05) is 30.3 Å². The summed E-state index contributed by atoms with van der Waals surface area (Å²) in [5.41, 5.74) is 1.07. The first kappa shape index (κ1) is 19.4. The number of carbonyl (C=O) groups is 1. The molecule has 0 saturated carbocycles. The molecule has 2 aromatic carbocycles. The van der Waals surface area contributed by atoms with Crippen molar-refractivity contribution in [3.8, 4) is 0 Å². The SMILES string of the molecule is CCN(Cc1ccccc1)C(=O)c1ccnc(Nc2ccc(F)c(F)c2F)c1. The Kier molecular flexibility index (Phi) is 5.93. The molecule has 1 N–H and O–H groups in total. The number of halogens is 3. The van der Waals surface area contributed by atoms with Gasteiger partial charge in [0.2, 0.25) is 0 Å². The largest absolute Gasteiger partial charge is 0.338 e. The molecule has 144 valence electrons. The Morgan fingerprint density at radius 1 is 1.04 bits per heavy atom. The number of nitrogens with zero attached hydrogens (tertiary/aromatic N) is 2. The first-order valence-corrected chi connectivity index (χ1v) is 8.69. The van der Waals surface area contributed by atoms with E-state index in [1.54, 1.807) is 11.0 Å². The van der Waals surface area contributed by atoms with Gasteiger partial charge in [0.15, 0.2) is 17.5 Å². The number of hydrogen-bond donors (Lipinski definition) is 1. The number of pyridine rings is 1. The van der Waals surface area contributed by atoms with E-state index in [4.69, 9.17) is 0 Å². The first-order valence-electron chi connectivity index (χ1n) is 8.69. The highest BCUT2D eigenvalue weighted by Gasteiger charge is 2.17. The minimum Gasteiger partial charge on any atom is -0.338 e. The van der Waals surface area contributed by atoms with E-state index in [2.05, 4.69) is 10.3 Å². The summed E-state index contributed by atoms with van der Waals surface area (Å²) in [6.07, 6.45) is 1.39. The molecular weight excluding hydrogens is 367 g/mol. The molecule has 0 fully saturated rings. The van der Waals surface area contributed by atoms with Crippen molar-refractivity contribution in [1.29, 1.82) is 0 Å². The Labute approximate surface area is 160 Å². The number of anilines is 2. The minimum atomic E-state index is -1.57. The second-order valence-electron chi connectivity index (χ2n) is 6.08. The van der Waals surface area contributed by atoms with Crippen LogP contribution in [0.3, 0.4) is 0 Å². The lowest BCUT2D eigenvalue weighted by Crippen LogP contribution is -2.30. The summed E-state index contributed by atoms with van der Waals surface area (Å²) >= 11 is 0. The van der Waals surface area contributed by atoms with Crippen LogP contribution >= 0.6 is 0 Å². The van der Waals surface area contributed by atoms with Gasteiger partial charge in [-0.15, -0.1) is 0 Å². The number of amides is 1. The highest BCUT2D eigenvalue weighted by atomic mass is 19.2. The zero-order valence-electron chi connectivity index (χ0n) is 15.1. The maximum absolute atomic E-state index is 13.9. The Bertz CT molecular complexity index is 980. The van der Waals surface area contributed by atoms with Gasteiger partial charge >= 0.3 is 0 Å². The lowest BCUT2D eigenvalue weighted by molar-refractivity contribution is 0.0752. The molecule has 0 aliphatic carbocycles. The van der Waals surface area contributed by atoms with E-state index in [0.29, 0.717) is 18.7 Å². The van der Waals surface area contributed by atoms with Crippen LogP contribution in [0.2, 0.25) is 0 Å². The fraction of sp³-hybridized carbons (Fsp3) is 0.143. The average molecular weight is 385 g/mol. The molecule has 0 atom stereocenters. The van der Waals surface area contributed by atoms with Crippen LogP contribution < -0.4 is 5.32 Å². The van der Waals surface area contributed by atoms with Crippen LogP contribution in [0.25, 0.3) is 0 Å². The number of carbonyl (C=O) groups excluding carboxylic acids is 1. The minimum absolute atomic E-state index is 0.145. The zero-order chi connectivity index (χ0) is 20.1. The van der Waals surface area contributed by atoms with Crippen molar-refractivity contribution in [2.75, 3.05) is 11.9 Å².